The zero-order valence-corrected chi connectivity index (χ0v) is 27.5. The molecule has 0 saturated carbocycles. The third kappa shape index (κ3) is 3.90. The summed E-state index contributed by atoms with van der Waals surface area (Å²) in [6.45, 7) is 0. The Balaban J connectivity index is 1.11. The Morgan fingerprint density at radius 1 is 0.360 bits per heavy atom. The molecule has 0 aliphatic heterocycles. The lowest BCUT2D eigenvalue weighted by molar-refractivity contribution is 0.888. The van der Waals surface area contributed by atoms with Crippen LogP contribution in [-0.4, -0.2) is 9.13 Å². The number of nitrogens with zero attached hydrogens (tertiary/aromatic N) is 2. The van der Waals surface area contributed by atoms with Gasteiger partial charge in [-0.2, -0.15) is 0 Å². The van der Waals surface area contributed by atoms with Crippen molar-refractivity contribution in [2.45, 2.75) is 12.8 Å². The van der Waals surface area contributed by atoms with Crippen LogP contribution in [0.2, 0.25) is 0 Å². The average molecular weight is 637 g/mol. The topological polar surface area (TPSA) is 9.86 Å². The number of fused-ring (bicyclic) bond motifs is 12. The molecule has 8 aromatic carbocycles. The highest BCUT2D eigenvalue weighted by molar-refractivity contribution is 6.25. The first-order valence-corrected chi connectivity index (χ1v) is 17.6. The van der Waals surface area contributed by atoms with E-state index in [1.807, 2.05) is 0 Å². The summed E-state index contributed by atoms with van der Waals surface area (Å²) in [7, 11) is 0. The van der Waals surface area contributed by atoms with E-state index in [0.29, 0.717) is 0 Å². The van der Waals surface area contributed by atoms with Gasteiger partial charge in [0, 0.05) is 38.8 Å². The minimum Gasteiger partial charge on any atom is -0.313 e. The maximum Gasteiger partial charge on any atom is 0.0541 e. The van der Waals surface area contributed by atoms with E-state index in [2.05, 4.69) is 179 Å². The number of hydrogen-bond donors (Lipinski definition) is 0. The van der Waals surface area contributed by atoms with Crippen LogP contribution in [0.4, 0.5) is 0 Å². The molecule has 0 N–H and O–H groups in total. The molecule has 0 fully saturated rings. The molecule has 2 aromatic heterocycles. The fourth-order valence-electron chi connectivity index (χ4n) is 8.74. The van der Waals surface area contributed by atoms with E-state index in [-0.39, 0.29) is 0 Å². The van der Waals surface area contributed by atoms with E-state index in [0.717, 1.165) is 12.8 Å². The first-order valence-electron chi connectivity index (χ1n) is 17.6. The molecule has 234 valence electrons. The molecule has 0 radical (unpaired) electrons. The molecule has 0 atom stereocenters. The number of rotatable bonds is 3. The monoisotopic (exact) mass is 636 g/mol. The fourth-order valence-corrected chi connectivity index (χ4v) is 8.74. The van der Waals surface area contributed by atoms with Crippen LogP contribution in [0, 0.1) is 0 Å². The maximum absolute atomic E-state index is 2.46. The van der Waals surface area contributed by atoms with Gasteiger partial charge in [-0.3, -0.25) is 0 Å². The molecular formula is C48H32N2. The van der Waals surface area contributed by atoms with Crippen molar-refractivity contribution in [2.75, 3.05) is 0 Å². The van der Waals surface area contributed by atoms with Gasteiger partial charge in [0.05, 0.1) is 16.6 Å². The van der Waals surface area contributed by atoms with Crippen LogP contribution >= 0.6 is 0 Å². The maximum atomic E-state index is 2.46. The minimum atomic E-state index is 1.05. The van der Waals surface area contributed by atoms with Crippen LogP contribution in [0.15, 0.2) is 164 Å². The molecule has 0 unspecified atom stereocenters. The molecule has 0 bridgehead atoms. The molecule has 2 heteroatoms. The highest BCUT2D eigenvalue weighted by atomic mass is 15.0. The number of allylic oxidation sites excluding steroid dienone is 1. The largest absolute Gasteiger partial charge is 0.313 e. The Kier molecular flexibility index (Phi) is 5.82. The summed E-state index contributed by atoms with van der Waals surface area (Å²) in [6, 6.07) is 58.3. The second-order valence-corrected chi connectivity index (χ2v) is 13.6. The van der Waals surface area contributed by atoms with Crippen molar-refractivity contribution in [3.8, 4) is 22.5 Å². The molecule has 0 amide bonds. The summed E-state index contributed by atoms with van der Waals surface area (Å²) in [5.74, 6) is 0. The zero-order chi connectivity index (χ0) is 32.8. The van der Waals surface area contributed by atoms with Crippen molar-refractivity contribution in [3.63, 3.8) is 0 Å². The number of hydrogen-bond acceptors (Lipinski definition) is 0. The van der Waals surface area contributed by atoms with E-state index in [1.54, 1.807) is 0 Å². The van der Waals surface area contributed by atoms with E-state index < -0.39 is 0 Å². The molecular weight excluding hydrogens is 605 g/mol. The molecule has 10 aromatic rings. The lowest BCUT2D eigenvalue weighted by Crippen LogP contribution is -2.02. The molecule has 0 spiro atoms. The Morgan fingerprint density at radius 3 is 1.64 bits per heavy atom. The highest BCUT2D eigenvalue weighted by Gasteiger charge is 2.20. The highest BCUT2D eigenvalue weighted by Crippen LogP contribution is 2.41. The third-order valence-corrected chi connectivity index (χ3v) is 10.9. The summed E-state index contributed by atoms with van der Waals surface area (Å²) < 4.78 is 4.91. The number of benzene rings is 8. The van der Waals surface area contributed by atoms with Gasteiger partial charge in [0.1, 0.15) is 0 Å². The van der Waals surface area contributed by atoms with E-state index in [4.69, 9.17) is 0 Å². The standard InChI is InChI=1S/C48H32N2/c1-2-12-33(13-3-1)49-45-20-10-8-18-40(45)43-28-31(22-26-47(43)49)32-23-27-48-44(29-32)41-19-9-11-21-46(41)50(48)34-24-25-39-37-16-5-4-14-35(37)36-15-6-7-17-38(36)42(39)30-34/h1-9,11-19,21-30H,10,20H2. The predicted molar refractivity (Wildman–Crippen MR) is 213 cm³/mol. The fraction of sp³-hybridized carbons (Fsp3) is 0.0417. The Hall–Kier alpha value is -6.38. The molecule has 2 nitrogen and oxygen atoms in total. The van der Waals surface area contributed by atoms with Crippen molar-refractivity contribution in [2.24, 2.45) is 0 Å². The van der Waals surface area contributed by atoms with Crippen LogP contribution in [0.25, 0.3) is 93.6 Å². The quantitative estimate of drug-likeness (QED) is 0.171. The van der Waals surface area contributed by atoms with Crippen molar-refractivity contribution in [3.05, 3.63) is 175 Å². The van der Waals surface area contributed by atoms with E-state index in [9.17, 15) is 0 Å². The van der Waals surface area contributed by atoms with Gasteiger partial charge in [0.2, 0.25) is 0 Å². The lowest BCUT2D eigenvalue weighted by atomic mass is 9.94. The van der Waals surface area contributed by atoms with Crippen LogP contribution < -0.4 is 0 Å². The van der Waals surface area contributed by atoms with E-state index in [1.165, 1.54) is 98.8 Å². The second kappa shape index (κ2) is 10.6. The summed E-state index contributed by atoms with van der Waals surface area (Å²) in [6.07, 6.45) is 6.78. The van der Waals surface area contributed by atoms with Gasteiger partial charge in [-0.05, 0) is 111 Å². The third-order valence-electron chi connectivity index (χ3n) is 10.9. The Labute approximate surface area is 289 Å². The predicted octanol–water partition coefficient (Wildman–Crippen LogP) is 12.8. The first-order chi connectivity index (χ1) is 24.8. The molecule has 11 rings (SSSR count). The SMILES string of the molecule is C1=Cc2c(n(-c3ccccc3)c3ccc(-c4ccc5c(c4)c4ccccc4n5-c4ccc5c6ccccc6c6ccccc6c5c4)cc23)CC1. The van der Waals surface area contributed by atoms with Gasteiger partial charge in [0.25, 0.3) is 0 Å². The van der Waals surface area contributed by atoms with Crippen LogP contribution in [0.3, 0.4) is 0 Å². The smallest absolute Gasteiger partial charge is 0.0541 e. The summed E-state index contributed by atoms with van der Waals surface area (Å²) in [5.41, 5.74) is 11.4. The lowest BCUT2D eigenvalue weighted by Gasteiger charge is -2.14. The molecule has 2 heterocycles. The Morgan fingerprint density at radius 2 is 0.920 bits per heavy atom. The second-order valence-electron chi connectivity index (χ2n) is 13.6. The molecule has 50 heavy (non-hydrogen) atoms. The van der Waals surface area contributed by atoms with Gasteiger partial charge in [-0.15, -0.1) is 0 Å². The molecule has 1 aliphatic rings. The van der Waals surface area contributed by atoms with Crippen molar-refractivity contribution < 1.29 is 0 Å². The van der Waals surface area contributed by atoms with Crippen LogP contribution in [0.5, 0.6) is 0 Å². The van der Waals surface area contributed by atoms with Gasteiger partial charge >= 0.3 is 0 Å². The zero-order valence-electron chi connectivity index (χ0n) is 27.5. The van der Waals surface area contributed by atoms with Gasteiger partial charge in [-0.25, -0.2) is 0 Å². The van der Waals surface area contributed by atoms with Gasteiger partial charge in [-0.1, -0.05) is 115 Å². The first kappa shape index (κ1) is 27.6. The number of aromatic nitrogens is 2. The summed E-state index contributed by atoms with van der Waals surface area (Å²) >= 11 is 0. The minimum absolute atomic E-state index is 1.05. The average Bonchev–Trinajstić information content (AvgIpc) is 3.70. The van der Waals surface area contributed by atoms with Crippen molar-refractivity contribution >= 4 is 71.1 Å². The Bertz CT molecular complexity index is 2990. The van der Waals surface area contributed by atoms with E-state index >= 15 is 0 Å². The van der Waals surface area contributed by atoms with Crippen LogP contribution in [-0.2, 0) is 6.42 Å². The van der Waals surface area contributed by atoms with Crippen LogP contribution in [0.1, 0.15) is 17.7 Å². The normalized spacial score (nSPS) is 13.0. The summed E-state index contributed by atoms with van der Waals surface area (Å²) in [5, 5.41) is 11.6. The van der Waals surface area contributed by atoms with Crippen molar-refractivity contribution in [1.82, 2.24) is 9.13 Å². The van der Waals surface area contributed by atoms with Crippen molar-refractivity contribution in [1.29, 1.82) is 0 Å². The molecule has 1 aliphatic carbocycles. The summed E-state index contributed by atoms with van der Waals surface area (Å²) in [4.78, 5) is 0. The molecule has 0 saturated heterocycles. The number of para-hydroxylation sites is 2. The van der Waals surface area contributed by atoms with Gasteiger partial charge < -0.3 is 9.13 Å². The van der Waals surface area contributed by atoms with Gasteiger partial charge in [0.15, 0.2) is 0 Å².